The molecule has 1 unspecified atom stereocenters. The van der Waals surface area contributed by atoms with Gasteiger partial charge >= 0.3 is 6.09 Å². The second-order valence-electron chi connectivity index (χ2n) is 4.49. The highest BCUT2D eigenvalue weighted by Crippen LogP contribution is 2.23. The van der Waals surface area contributed by atoms with Crippen molar-refractivity contribution >= 4 is 17.7 Å². The molecule has 21 heavy (non-hydrogen) atoms. The lowest BCUT2D eigenvalue weighted by molar-refractivity contribution is -0.119. The maximum Gasteiger partial charge on any atom is 0.414 e. The van der Waals surface area contributed by atoms with Gasteiger partial charge in [-0.2, -0.15) is 0 Å². The molecular formula is C15H21FN2O3. The molecule has 0 spiro atoms. The number of benzene rings is 1. The molecule has 0 aromatic heterocycles. The summed E-state index contributed by atoms with van der Waals surface area (Å²) in [6.45, 7) is 7.60. The van der Waals surface area contributed by atoms with Crippen LogP contribution in [0.1, 0.15) is 26.3 Å². The summed E-state index contributed by atoms with van der Waals surface area (Å²) < 4.78 is 18.6. The van der Waals surface area contributed by atoms with Crippen molar-refractivity contribution < 1.29 is 18.7 Å². The van der Waals surface area contributed by atoms with Gasteiger partial charge in [-0.05, 0) is 24.6 Å². The summed E-state index contributed by atoms with van der Waals surface area (Å²) in [5.41, 5.74) is 0.976. The zero-order chi connectivity index (χ0) is 16.0. The molecule has 1 heterocycles. The van der Waals surface area contributed by atoms with Crippen LogP contribution in [0.25, 0.3) is 0 Å². The fourth-order valence-corrected chi connectivity index (χ4v) is 1.85. The molecule has 5 nitrogen and oxygen atoms in total. The van der Waals surface area contributed by atoms with E-state index >= 15 is 0 Å². The predicted molar refractivity (Wildman–Crippen MR) is 78.8 cm³/mol. The largest absolute Gasteiger partial charge is 0.442 e. The van der Waals surface area contributed by atoms with Gasteiger partial charge in [0.1, 0.15) is 11.9 Å². The van der Waals surface area contributed by atoms with Crippen LogP contribution in [0.4, 0.5) is 14.9 Å². The number of cyclic esters (lactones) is 1. The van der Waals surface area contributed by atoms with Gasteiger partial charge in [0.25, 0.3) is 0 Å². The van der Waals surface area contributed by atoms with Crippen LogP contribution in [-0.4, -0.2) is 31.2 Å². The van der Waals surface area contributed by atoms with Gasteiger partial charge in [0.2, 0.25) is 5.91 Å². The fraction of sp³-hybridized carbons (Fsp3) is 0.467. The van der Waals surface area contributed by atoms with Gasteiger partial charge in [-0.25, -0.2) is 9.18 Å². The normalized spacial score (nSPS) is 16.9. The Kier molecular flexibility index (Phi) is 6.14. The summed E-state index contributed by atoms with van der Waals surface area (Å²) in [7, 11) is 0. The van der Waals surface area contributed by atoms with Crippen LogP contribution in [0.2, 0.25) is 0 Å². The number of ether oxygens (including phenoxy) is 1. The first-order valence-corrected chi connectivity index (χ1v) is 6.96. The van der Waals surface area contributed by atoms with E-state index in [1.165, 1.54) is 17.9 Å². The predicted octanol–water partition coefficient (Wildman–Crippen LogP) is 2.62. The van der Waals surface area contributed by atoms with E-state index in [1.807, 2.05) is 13.8 Å². The number of hydrogen-bond acceptors (Lipinski definition) is 3. The molecule has 0 bridgehead atoms. The molecule has 6 heteroatoms. The van der Waals surface area contributed by atoms with Crippen molar-refractivity contribution in [1.29, 1.82) is 0 Å². The number of carbonyl (C=O) groups excluding carboxylic acids is 2. The Morgan fingerprint density at radius 3 is 2.71 bits per heavy atom. The molecule has 1 aliphatic heterocycles. The number of nitrogens with zero attached hydrogens (tertiary/aromatic N) is 1. The smallest absolute Gasteiger partial charge is 0.414 e. The summed E-state index contributed by atoms with van der Waals surface area (Å²) in [6, 6.07) is 4.58. The quantitative estimate of drug-likeness (QED) is 0.932. The molecular weight excluding hydrogens is 275 g/mol. The van der Waals surface area contributed by atoms with Crippen molar-refractivity contribution in [3.05, 3.63) is 29.6 Å². The van der Waals surface area contributed by atoms with Gasteiger partial charge in [-0.3, -0.25) is 9.69 Å². The molecule has 2 rings (SSSR count). The van der Waals surface area contributed by atoms with Gasteiger partial charge < -0.3 is 10.1 Å². The lowest BCUT2D eigenvalue weighted by Crippen LogP contribution is -2.33. The SMILES string of the molecule is CC.CC(=O)NCC1CN(c2ccc(C)c(F)c2)C(=O)O1. The number of hydrogen-bond donors (Lipinski definition) is 1. The van der Waals surface area contributed by atoms with Crippen LogP contribution in [0.5, 0.6) is 0 Å². The van der Waals surface area contributed by atoms with E-state index in [0.717, 1.165) is 0 Å². The van der Waals surface area contributed by atoms with E-state index in [9.17, 15) is 14.0 Å². The topological polar surface area (TPSA) is 58.6 Å². The summed E-state index contributed by atoms with van der Waals surface area (Å²) in [4.78, 5) is 23.9. The van der Waals surface area contributed by atoms with Gasteiger partial charge in [0, 0.05) is 6.92 Å². The number of anilines is 1. The highest BCUT2D eigenvalue weighted by Gasteiger charge is 2.32. The minimum absolute atomic E-state index is 0.184. The van der Waals surface area contributed by atoms with E-state index in [-0.39, 0.29) is 18.3 Å². The van der Waals surface area contributed by atoms with Gasteiger partial charge in [0.05, 0.1) is 18.8 Å². The molecule has 0 aliphatic carbocycles. The van der Waals surface area contributed by atoms with Crippen LogP contribution in [-0.2, 0) is 9.53 Å². The monoisotopic (exact) mass is 296 g/mol. The number of halogens is 1. The Morgan fingerprint density at radius 1 is 1.48 bits per heavy atom. The number of aryl methyl sites for hydroxylation is 1. The zero-order valence-corrected chi connectivity index (χ0v) is 12.8. The Balaban J connectivity index is 0.00000106. The summed E-state index contributed by atoms with van der Waals surface area (Å²) in [5.74, 6) is -0.550. The molecule has 2 amide bonds. The number of rotatable bonds is 3. The Morgan fingerprint density at radius 2 is 2.14 bits per heavy atom. The van der Waals surface area contributed by atoms with E-state index in [4.69, 9.17) is 4.74 Å². The van der Waals surface area contributed by atoms with Crippen LogP contribution < -0.4 is 10.2 Å². The van der Waals surface area contributed by atoms with Crippen LogP contribution in [0, 0.1) is 12.7 Å². The molecule has 1 N–H and O–H groups in total. The standard InChI is InChI=1S/C13H15FN2O3.C2H6/c1-8-3-4-10(5-12(8)14)16-7-11(19-13(16)18)6-15-9(2)17;1-2/h3-5,11H,6-7H2,1-2H3,(H,15,17);1-2H3. The first kappa shape index (κ1) is 16.9. The lowest BCUT2D eigenvalue weighted by Gasteiger charge is -2.13. The van der Waals surface area contributed by atoms with Crippen molar-refractivity contribution in [1.82, 2.24) is 5.32 Å². The van der Waals surface area contributed by atoms with Crippen LogP contribution in [0.3, 0.4) is 0 Å². The third-order valence-corrected chi connectivity index (χ3v) is 2.92. The maximum absolute atomic E-state index is 13.5. The average Bonchev–Trinajstić information content (AvgIpc) is 2.83. The van der Waals surface area contributed by atoms with Crippen molar-refractivity contribution in [3.63, 3.8) is 0 Å². The Hall–Kier alpha value is -2.11. The van der Waals surface area contributed by atoms with Crippen LogP contribution in [0.15, 0.2) is 18.2 Å². The van der Waals surface area contributed by atoms with Crippen molar-refractivity contribution in [3.8, 4) is 0 Å². The molecule has 116 valence electrons. The number of carbonyl (C=O) groups is 2. The molecule has 0 saturated carbocycles. The second kappa shape index (κ2) is 7.61. The van der Waals surface area contributed by atoms with E-state index in [2.05, 4.69) is 5.32 Å². The summed E-state index contributed by atoms with van der Waals surface area (Å²) in [6.07, 6.45) is -0.945. The highest BCUT2D eigenvalue weighted by atomic mass is 19.1. The molecule has 1 aromatic carbocycles. The molecule has 0 radical (unpaired) electrons. The summed E-state index contributed by atoms with van der Waals surface area (Å²) in [5, 5.41) is 2.58. The highest BCUT2D eigenvalue weighted by molar-refractivity contribution is 5.89. The van der Waals surface area contributed by atoms with Crippen LogP contribution >= 0.6 is 0 Å². The van der Waals surface area contributed by atoms with Gasteiger partial charge in [0.15, 0.2) is 0 Å². The first-order chi connectivity index (χ1) is 9.97. The first-order valence-electron chi connectivity index (χ1n) is 6.96. The van der Waals surface area contributed by atoms with Gasteiger partial charge in [-0.15, -0.1) is 0 Å². The lowest BCUT2D eigenvalue weighted by atomic mass is 10.2. The maximum atomic E-state index is 13.5. The third-order valence-electron chi connectivity index (χ3n) is 2.92. The van der Waals surface area contributed by atoms with Gasteiger partial charge in [-0.1, -0.05) is 19.9 Å². The molecule has 1 fully saturated rings. The average molecular weight is 296 g/mol. The minimum Gasteiger partial charge on any atom is -0.442 e. The molecule has 1 saturated heterocycles. The number of nitrogens with one attached hydrogen (secondary N) is 1. The molecule has 1 aliphatic rings. The summed E-state index contributed by atoms with van der Waals surface area (Å²) >= 11 is 0. The zero-order valence-electron chi connectivity index (χ0n) is 12.8. The molecule has 1 atom stereocenters. The number of amides is 2. The van der Waals surface area contributed by atoms with E-state index in [1.54, 1.807) is 19.1 Å². The second-order valence-corrected chi connectivity index (χ2v) is 4.49. The van der Waals surface area contributed by atoms with Crippen molar-refractivity contribution in [2.45, 2.75) is 33.8 Å². The fourth-order valence-electron chi connectivity index (χ4n) is 1.85. The van der Waals surface area contributed by atoms with Crippen molar-refractivity contribution in [2.75, 3.05) is 18.0 Å². The van der Waals surface area contributed by atoms with E-state index in [0.29, 0.717) is 17.8 Å². The third kappa shape index (κ3) is 4.44. The van der Waals surface area contributed by atoms with Crippen molar-refractivity contribution in [2.24, 2.45) is 0 Å². The van der Waals surface area contributed by atoms with E-state index < -0.39 is 12.2 Å². The molecule has 1 aromatic rings. The minimum atomic E-state index is -0.529. The Labute approximate surface area is 124 Å². The Bertz CT molecular complexity index is 520.